The molecule has 1 unspecified atom stereocenters. The Morgan fingerprint density at radius 1 is 1.17 bits per heavy atom. The van der Waals surface area contributed by atoms with Crippen molar-refractivity contribution in [2.24, 2.45) is 0 Å². The Morgan fingerprint density at radius 2 is 2.04 bits per heavy atom. The zero-order chi connectivity index (χ0) is 15.8. The predicted molar refractivity (Wildman–Crippen MR) is 87.4 cm³/mol. The van der Waals surface area contributed by atoms with Crippen LogP contribution in [0.3, 0.4) is 0 Å². The zero-order valence-corrected chi connectivity index (χ0v) is 12.8. The average Bonchev–Trinajstić information content (AvgIpc) is 2.57. The Kier molecular flexibility index (Phi) is 3.50. The van der Waals surface area contributed by atoms with E-state index in [-0.39, 0.29) is 11.9 Å². The van der Waals surface area contributed by atoms with Crippen LogP contribution in [0.5, 0.6) is 5.75 Å². The number of halogens is 2. The Hall–Kier alpha value is -2.40. The van der Waals surface area contributed by atoms with Gasteiger partial charge in [-0.25, -0.2) is 14.4 Å². The van der Waals surface area contributed by atoms with Crippen LogP contribution in [0, 0.1) is 5.82 Å². The van der Waals surface area contributed by atoms with E-state index in [4.69, 9.17) is 16.3 Å². The lowest BCUT2D eigenvalue weighted by Crippen LogP contribution is -2.21. The first-order chi connectivity index (χ1) is 11.2. The fourth-order valence-corrected chi connectivity index (χ4v) is 3.10. The molecule has 0 saturated carbocycles. The quantitative estimate of drug-likeness (QED) is 0.759. The van der Waals surface area contributed by atoms with Gasteiger partial charge in [0.25, 0.3) is 0 Å². The molecule has 2 heterocycles. The van der Waals surface area contributed by atoms with Crippen molar-refractivity contribution >= 4 is 28.3 Å². The first-order valence-corrected chi connectivity index (χ1v) is 7.69. The van der Waals surface area contributed by atoms with E-state index in [1.165, 1.54) is 12.4 Å². The second-order valence-electron chi connectivity index (χ2n) is 5.35. The van der Waals surface area contributed by atoms with Gasteiger partial charge < -0.3 is 10.1 Å². The van der Waals surface area contributed by atoms with Crippen LogP contribution in [-0.4, -0.2) is 16.6 Å². The summed E-state index contributed by atoms with van der Waals surface area (Å²) in [5, 5.41) is 4.62. The monoisotopic (exact) mass is 329 g/mol. The molecule has 4 rings (SSSR count). The molecule has 23 heavy (non-hydrogen) atoms. The lowest BCUT2D eigenvalue weighted by molar-refractivity contribution is 0.274. The smallest absolute Gasteiger partial charge is 0.149 e. The molecule has 1 atom stereocenters. The standard InChI is InChI=1S/C17H13ClFN3O/c18-12-5-1-3-10-14(7-8-23-16(10)12)22-17-11-4-2-6-13(19)15(11)20-9-21-17/h1-6,9,14H,7-8H2,(H,20,21,22). The first kappa shape index (κ1) is 14.2. The van der Waals surface area contributed by atoms with Crippen LogP contribution in [-0.2, 0) is 0 Å². The van der Waals surface area contributed by atoms with Gasteiger partial charge in [-0.05, 0) is 18.2 Å². The Labute approximate surface area is 137 Å². The molecule has 1 aromatic heterocycles. The van der Waals surface area contributed by atoms with Gasteiger partial charge in [0.05, 0.1) is 17.7 Å². The molecule has 1 N–H and O–H groups in total. The third-order valence-corrected chi connectivity index (χ3v) is 4.25. The Bertz CT molecular complexity index is 887. The molecule has 0 saturated heterocycles. The minimum atomic E-state index is -0.358. The third-order valence-electron chi connectivity index (χ3n) is 3.95. The van der Waals surface area contributed by atoms with Crippen LogP contribution in [0.15, 0.2) is 42.7 Å². The molecule has 0 aliphatic carbocycles. The molecule has 0 amide bonds. The third kappa shape index (κ3) is 2.47. The van der Waals surface area contributed by atoms with Gasteiger partial charge in [-0.15, -0.1) is 0 Å². The summed E-state index contributed by atoms with van der Waals surface area (Å²) in [4.78, 5) is 8.30. The SMILES string of the molecule is Fc1cccc2c(NC3CCOc4c(Cl)cccc43)ncnc12. The van der Waals surface area contributed by atoms with Gasteiger partial charge in [0.2, 0.25) is 0 Å². The molecule has 0 bridgehead atoms. The molecule has 1 aliphatic heterocycles. The van der Waals surface area contributed by atoms with Gasteiger partial charge in [0, 0.05) is 17.4 Å². The molecule has 4 nitrogen and oxygen atoms in total. The number of benzene rings is 2. The van der Waals surface area contributed by atoms with Crippen molar-refractivity contribution in [3.05, 3.63) is 59.1 Å². The van der Waals surface area contributed by atoms with E-state index >= 15 is 0 Å². The van der Waals surface area contributed by atoms with Gasteiger partial charge in [-0.2, -0.15) is 0 Å². The van der Waals surface area contributed by atoms with Crippen LogP contribution in [0.2, 0.25) is 5.02 Å². The van der Waals surface area contributed by atoms with Crippen molar-refractivity contribution in [1.82, 2.24) is 9.97 Å². The highest BCUT2D eigenvalue weighted by atomic mass is 35.5. The minimum absolute atomic E-state index is 0.00110. The lowest BCUT2D eigenvalue weighted by Gasteiger charge is -2.28. The summed E-state index contributed by atoms with van der Waals surface area (Å²) in [7, 11) is 0. The zero-order valence-electron chi connectivity index (χ0n) is 12.1. The Balaban J connectivity index is 1.76. The molecule has 1 aliphatic rings. The van der Waals surface area contributed by atoms with Crippen molar-refractivity contribution in [3.63, 3.8) is 0 Å². The molecular formula is C17H13ClFN3O. The molecular weight excluding hydrogens is 317 g/mol. The van der Waals surface area contributed by atoms with Crippen LogP contribution in [0.4, 0.5) is 10.2 Å². The van der Waals surface area contributed by atoms with E-state index < -0.39 is 0 Å². The number of nitrogens with zero attached hydrogens (tertiary/aromatic N) is 2. The maximum atomic E-state index is 13.9. The minimum Gasteiger partial charge on any atom is -0.492 e. The summed E-state index contributed by atoms with van der Waals surface area (Å²) < 4.78 is 19.5. The van der Waals surface area contributed by atoms with Crippen molar-refractivity contribution in [1.29, 1.82) is 0 Å². The van der Waals surface area contributed by atoms with Crippen LogP contribution in [0.25, 0.3) is 10.9 Å². The highest BCUT2D eigenvalue weighted by molar-refractivity contribution is 6.32. The summed E-state index contributed by atoms with van der Waals surface area (Å²) in [5.74, 6) is 0.943. The molecule has 0 radical (unpaired) electrons. The number of para-hydroxylation sites is 2. The maximum absolute atomic E-state index is 13.9. The fraction of sp³-hybridized carbons (Fsp3) is 0.176. The maximum Gasteiger partial charge on any atom is 0.149 e. The molecule has 0 spiro atoms. The number of rotatable bonds is 2. The van der Waals surface area contributed by atoms with E-state index in [0.29, 0.717) is 34.1 Å². The van der Waals surface area contributed by atoms with E-state index in [2.05, 4.69) is 15.3 Å². The second-order valence-corrected chi connectivity index (χ2v) is 5.76. The van der Waals surface area contributed by atoms with Crippen LogP contribution < -0.4 is 10.1 Å². The highest BCUT2D eigenvalue weighted by Gasteiger charge is 2.24. The van der Waals surface area contributed by atoms with Gasteiger partial charge in [-0.3, -0.25) is 0 Å². The van der Waals surface area contributed by atoms with Gasteiger partial charge in [0.15, 0.2) is 0 Å². The molecule has 116 valence electrons. The number of hydrogen-bond acceptors (Lipinski definition) is 4. The number of fused-ring (bicyclic) bond motifs is 2. The van der Waals surface area contributed by atoms with E-state index in [9.17, 15) is 4.39 Å². The molecule has 3 aromatic rings. The number of anilines is 1. The number of ether oxygens (including phenoxy) is 1. The van der Waals surface area contributed by atoms with E-state index in [0.717, 1.165) is 12.0 Å². The summed E-state index contributed by atoms with van der Waals surface area (Å²) in [6.07, 6.45) is 2.14. The van der Waals surface area contributed by atoms with Crippen LogP contribution >= 0.6 is 11.6 Å². The topological polar surface area (TPSA) is 47.0 Å². The number of hydrogen-bond donors (Lipinski definition) is 1. The fourth-order valence-electron chi connectivity index (χ4n) is 2.87. The Morgan fingerprint density at radius 3 is 2.96 bits per heavy atom. The normalized spacial score (nSPS) is 16.7. The number of nitrogens with one attached hydrogen (secondary N) is 1. The van der Waals surface area contributed by atoms with Gasteiger partial charge in [0.1, 0.15) is 29.2 Å². The second kappa shape index (κ2) is 5.66. The van der Waals surface area contributed by atoms with Crippen molar-refractivity contribution in [2.75, 3.05) is 11.9 Å². The van der Waals surface area contributed by atoms with Crippen molar-refractivity contribution in [2.45, 2.75) is 12.5 Å². The summed E-state index contributed by atoms with van der Waals surface area (Å²) >= 11 is 6.20. The summed E-state index contributed by atoms with van der Waals surface area (Å²) in [5.41, 5.74) is 1.29. The predicted octanol–water partition coefficient (Wildman–Crippen LogP) is 4.36. The lowest BCUT2D eigenvalue weighted by atomic mass is 10.0. The van der Waals surface area contributed by atoms with Gasteiger partial charge >= 0.3 is 0 Å². The van der Waals surface area contributed by atoms with Crippen molar-refractivity contribution < 1.29 is 9.13 Å². The van der Waals surface area contributed by atoms with Crippen LogP contribution in [0.1, 0.15) is 18.0 Å². The average molecular weight is 330 g/mol. The van der Waals surface area contributed by atoms with E-state index in [1.807, 2.05) is 12.1 Å². The number of aromatic nitrogens is 2. The molecule has 2 aromatic carbocycles. The van der Waals surface area contributed by atoms with E-state index in [1.54, 1.807) is 18.2 Å². The summed E-state index contributed by atoms with van der Waals surface area (Å²) in [6, 6.07) is 10.5. The first-order valence-electron chi connectivity index (χ1n) is 7.31. The van der Waals surface area contributed by atoms with Crippen molar-refractivity contribution in [3.8, 4) is 5.75 Å². The largest absolute Gasteiger partial charge is 0.492 e. The molecule has 6 heteroatoms. The summed E-state index contributed by atoms with van der Waals surface area (Å²) in [6.45, 7) is 0.561. The highest BCUT2D eigenvalue weighted by Crippen LogP contribution is 2.39. The van der Waals surface area contributed by atoms with Gasteiger partial charge in [-0.1, -0.05) is 29.8 Å². The molecule has 0 fully saturated rings.